The predicted molar refractivity (Wildman–Crippen MR) is 92.7 cm³/mol. The van der Waals surface area contributed by atoms with Crippen LogP contribution in [-0.2, 0) is 19.3 Å². The largest absolute Gasteiger partial charge is 0.491 e. The van der Waals surface area contributed by atoms with Crippen molar-refractivity contribution < 1.29 is 22.7 Å². The first-order chi connectivity index (χ1) is 12.2. The van der Waals surface area contributed by atoms with E-state index in [4.69, 9.17) is 4.74 Å². The van der Waals surface area contributed by atoms with E-state index in [-0.39, 0.29) is 12.6 Å². The zero-order chi connectivity index (χ0) is 19.2. The quantitative estimate of drug-likeness (QED) is 0.791. The van der Waals surface area contributed by atoms with Crippen LogP contribution in [0.3, 0.4) is 0 Å². The van der Waals surface area contributed by atoms with Crippen LogP contribution in [0.5, 0.6) is 5.75 Å². The van der Waals surface area contributed by atoms with Crippen LogP contribution < -0.4 is 15.4 Å². The molecule has 2 aromatic rings. The first-order valence-electron chi connectivity index (χ1n) is 8.17. The first-order valence-corrected chi connectivity index (χ1v) is 8.17. The molecular formula is C19H21F3N2O2. The molecule has 7 heteroatoms. The number of hydrogen-bond acceptors (Lipinski definition) is 2. The Kier molecular flexibility index (Phi) is 6.49. The van der Waals surface area contributed by atoms with Gasteiger partial charge in [-0.25, -0.2) is 4.79 Å². The van der Waals surface area contributed by atoms with Crippen LogP contribution in [0.4, 0.5) is 18.0 Å². The van der Waals surface area contributed by atoms with Gasteiger partial charge in [0, 0.05) is 13.1 Å². The molecule has 26 heavy (non-hydrogen) atoms. The van der Waals surface area contributed by atoms with Gasteiger partial charge in [-0.2, -0.15) is 13.2 Å². The van der Waals surface area contributed by atoms with Crippen LogP contribution in [0, 0.1) is 0 Å². The highest BCUT2D eigenvalue weighted by Gasteiger charge is 2.30. The number of alkyl halides is 3. The van der Waals surface area contributed by atoms with Gasteiger partial charge in [0.1, 0.15) is 5.75 Å². The number of urea groups is 1. The first kappa shape index (κ1) is 19.6. The fraction of sp³-hybridized carbons (Fsp3) is 0.316. The maximum Gasteiger partial charge on any atom is 0.416 e. The number of carbonyl (C=O) groups is 1. The number of rotatable bonds is 6. The van der Waals surface area contributed by atoms with Crippen LogP contribution in [0.25, 0.3) is 0 Å². The van der Waals surface area contributed by atoms with E-state index in [1.165, 1.54) is 12.1 Å². The summed E-state index contributed by atoms with van der Waals surface area (Å²) in [7, 11) is 0. The van der Waals surface area contributed by atoms with Crippen LogP contribution in [0.15, 0.2) is 48.5 Å². The lowest BCUT2D eigenvalue weighted by Gasteiger charge is -2.11. The van der Waals surface area contributed by atoms with Crippen LogP contribution in [0.1, 0.15) is 30.5 Å². The van der Waals surface area contributed by atoms with E-state index in [2.05, 4.69) is 10.6 Å². The van der Waals surface area contributed by atoms with Gasteiger partial charge >= 0.3 is 12.2 Å². The maximum absolute atomic E-state index is 12.7. The monoisotopic (exact) mass is 366 g/mol. The SMILES string of the molecule is CC(C)Oc1ccc(CNC(=O)NCc2cccc(C(F)(F)F)c2)cc1. The van der Waals surface area contributed by atoms with Gasteiger partial charge in [0.25, 0.3) is 0 Å². The van der Waals surface area contributed by atoms with Gasteiger partial charge in [-0.15, -0.1) is 0 Å². The highest BCUT2D eigenvalue weighted by Crippen LogP contribution is 2.29. The van der Waals surface area contributed by atoms with E-state index in [0.717, 1.165) is 23.4 Å². The molecule has 0 unspecified atom stereocenters. The molecule has 0 saturated carbocycles. The van der Waals surface area contributed by atoms with Crippen LogP contribution in [0.2, 0.25) is 0 Å². The fourth-order valence-electron chi connectivity index (χ4n) is 2.24. The van der Waals surface area contributed by atoms with Crippen molar-refractivity contribution in [3.63, 3.8) is 0 Å². The molecule has 0 saturated heterocycles. The van der Waals surface area contributed by atoms with Crippen molar-refractivity contribution in [2.75, 3.05) is 0 Å². The Morgan fingerprint density at radius 1 is 1.00 bits per heavy atom. The normalized spacial score (nSPS) is 11.3. The second kappa shape index (κ2) is 8.60. The lowest BCUT2D eigenvalue weighted by atomic mass is 10.1. The van der Waals surface area contributed by atoms with Crippen molar-refractivity contribution >= 4 is 6.03 Å². The van der Waals surface area contributed by atoms with E-state index >= 15 is 0 Å². The summed E-state index contributed by atoms with van der Waals surface area (Å²) in [5.41, 5.74) is 0.529. The second-order valence-corrected chi connectivity index (χ2v) is 6.04. The Bertz CT molecular complexity index is 728. The van der Waals surface area contributed by atoms with Gasteiger partial charge in [-0.3, -0.25) is 0 Å². The number of benzene rings is 2. The lowest BCUT2D eigenvalue weighted by Crippen LogP contribution is -2.34. The van der Waals surface area contributed by atoms with Crippen LogP contribution in [-0.4, -0.2) is 12.1 Å². The average molecular weight is 366 g/mol. The molecule has 4 nitrogen and oxygen atoms in total. The number of halogens is 3. The third-order valence-electron chi connectivity index (χ3n) is 3.46. The average Bonchev–Trinajstić information content (AvgIpc) is 2.58. The third-order valence-corrected chi connectivity index (χ3v) is 3.46. The molecule has 2 rings (SSSR count). The van der Waals surface area contributed by atoms with Gasteiger partial charge in [0.15, 0.2) is 0 Å². The summed E-state index contributed by atoms with van der Waals surface area (Å²) in [6.07, 6.45) is -4.32. The molecule has 0 fully saturated rings. The van der Waals surface area contributed by atoms with Crippen molar-refractivity contribution in [1.82, 2.24) is 10.6 Å². The molecule has 2 N–H and O–H groups in total. The molecule has 140 valence electrons. The minimum Gasteiger partial charge on any atom is -0.491 e. The Labute approximate surface area is 150 Å². The summed E-state index contributed by atoms with van der Waals surface area (Å²) in [5.74, 6) is 0.748. The molecule has 0 spiro atoms. The standard InChI is InChI=1S/C19H21F3N2O2/c1-13(2)26-17-8-6-14(7-9-17)11-23-18(25)24-12-15-4-3-5-16(10-15)19(20,21)22/h3-10,13H,11-12H2,1-2H3,(H2,23,24,25). The summed E-state index contributed by atoms with van der Waals surface area (Å²) in [6, 6.07) is 11.7. The summed E-state index contributed by atoms with van der Waals surface area (Å²) < 4.78 is 43.5. The minimum absolute atomic E-state index is 0.0108. The molecule has 0 aromatic heterocycles. The molecule has 0 radical (unpaired) electrons. The molecule has 0 bridgehead atoms. The second-order valence-electron chi connectivity index (χ2n) is 6.04. The van der Waals surface area contributed by atoms with Gasteiger partial charge in [-0.1, -0.05) is 24.3 Å². The highest BCUT2D eigenvalue weighted by molar-refractivity contribution is 5.73. The van der Waals surface area contributed by atoms with Crippen LogP contribution >= 0.6 is 0 Å². The molecule has 0 atom stereocenters. The maximum atomic E-state index is 12.7. The molecule has 2 amide bonds. The number of amides is 2. The smallest absolute Gasteiger partial charge is 0.416 e. The van der Waals surface area contributed by atoms with Gasteiger partial charge in [0.05, 0.1) is 11.7 Å². The molecule has 0 aliphatic heterocycles. The van der Waals surface area contributed by atoms with E-state index in [9.17, 15) is 18.0 Å². The number of hydrogen-bond donors (Lipinski definition) is 2. The van der Waals surface area contributed by atoms with Crippen molar-refractivity contribution in [2.45, 2.75) is 39.2 Å². The summed E-state index contributed by atoms with van der Waals surface area (Å²) in [6.45, 7) is 4.18. The van der Waals surface area contributed by atoms with Crippen molar-refractivity contribution in [3.8, 4) is 5.75 Å². The Morgan fingerprint density at radius 3 is 2.19 bits per heavy atom. The number of nitrogens with one attached hydrogen (secondary N) is 2. The van der Waals surface area contributed by atoms with E-state index in [0.29, 0.717) is 12.1 Å². The van der Waals surface area contributed by atoms with Gasteiger partial charge in [-0.05, 0) is 49.2 Å². The van der Waals surface area contributed by atoms with Crippen molar-refractivity contribution in [1.29, 1.82) is 0 Å². The number of carbonyl (C=O) groups excluding carboxylic acids is 1. The predicted octanol–water partition coefficient (Wildman–Crippen LogP) is 4.49. The van der Waals surface area contributed by atoms with Gasteiger partial charge < -0.3 is 15.4 Å². The highest BCUT2D eigenvalue weighted by atomic mass is 19.4. The lowest BCUT2D eigenvalue weighted by molar-refractivity contribution is -0.137. The molecule has 0 heterocycles. The van der Waals surface area contributed by atoms with Gasteiger partial charge in [0.2, 0.25) is 0 Å². The Hall–Kier alpha value is -2.70. The minimum atomic E-state index is -4.40. The fourth-order valence-corrected chi connectivity index (χ4v) is 2.24. The molecule has 2 aromatic carbocycles. The third kappa shape index (κ3) is 6.31. The zero-order valence-electron chi connectivity index (χ0n) is 14.6. The summed E-state index contributed by atoms with van der Waals surface area (Å²) in [5, 5.41) is 5.20. The zero-order valence-corrected chi connectivity index (χ0v) is 14.6. The summed E-state index contributed by atoms with van der Waals surface area (Å²) in [4.78, 5) is 11.8. The molecule has 0 aliphatic rings. The van der Waals surface area contributed by atoms with E-state index < -0.39 is 17.8 Å². The van der Waals surface area contributed by atoms with E-state index in [1.807, 2.05) is 38.1 Å². The topological polar surface area (TPSA) is 50.4 Å². The van der Waals surface area contributed by atoms with Crippen molar-refractivity contribution in [2.24, 2.45) is 0 Å². The molecule has 0 aliphatic carbocycles. The Morgan fingerprint density at radius 2 is 1.62 bits per heavy atom. The van der Waals surface area contributed by atoms with E-state index in [1.54, 1.807) is 0 Å². The summed E-state index contributed by atoms with van der Waals surface area (Å²) >= 11 is 0. The number of ether oxygens (including phenoxy) is 1. The van der Waals surface area contributed by atoms with Crippen molar-refractivity contribution in [3.05, 3.63) is 65.2 Å². The Balaban J connectivity index is 1.80. The molecular weight excluding hydrogens is 345 g/mol.